The Labute approximate surface area is 144 Å². The van der Waals surface area contributed by atoms with Crippen LogP contribution in [-0.4, -0.2) is 39.3 Å². The molecule has 0 aliphatic carbocycles. The second kappa shape index (κ2) is 6.93. The van der Waals surface area contributed by atoms with Crippen LogP contribution in [0.15, 0.2) is 24.5 Å². The third-order valence-electron chi connectivity index (χ3n) is 5.00. The molecule has 3 heterocycles. The average Bonchev–Trinajstić information content (AvgIpc) is 2.95. The molecule has 0 spiro atoms. The molecular weight excluding hydrogens is 300 g/mol. The van der Waals surface area contributed by atoms with Gasteiger partial charge in [0.25, 0.3) is 0 Å². The normalized spacial score (nSPS) is 21.6. The van der Waals surface area contributed by atoms with Crippen LogP contribution in [0.4, 0.5) is 0 Å². The molecule has 0 bridgehead atoms. The highest BCUT2D eigenvalue weighted by Gasteiger charge is 2.29. The van der Waals surface area contributed by atoms with Crippen molar-refractivity contribution in [1.29, 1.82) is 0 Å². The van der Waals surface area contributed by atoms with E-state index in [-0.39, 0.29) is 11.8 Å². The Hall–Kier alpha value is -1.88. The van der Waals surface area contributed by atoms with Gasteiger partial charge in [0, 0.05) is 37.8 Å². The Balaban J connectivity index is 1.60. The van der Waals surface area contributed by atoms with Crippen LogP contribution < -0.4 is 5.32 Å². The second-order valence-electron chi connectivity index (χ2n) is 7.37. The van der Waals surface area contributed by atoms with Crippen LogP contribution in [0.1, 0.15) is 38.4 Å². The fourth-order valence-corrected chi connectivity index (χ4v) is 3.52. The molecule has 2 aromatic heterocycles. The zero-order valence-corrected chi connectivity index (χ0v) is 15.1. The molecule has 2 atom stereocenters. The quantitative estimate of drug-likeness (QED) is 0.938. The van der Waals surface area contributed by atoms with Gasteiger partial charge in [-0.15, -0.1) is 0 Å². The largest absolute Gasteiger partial charge is 0.342 e. The van der Waals surface area contributed by atoms with Crippen molar-refractivity contribution in [2.45, 2.75) is 46.7 Å². The summed E-state index contributed by atoms with van der Waals surface area (Å²) in [5.41, 5.74) is 3.40. The Kier molecular flexibility index (Phi) is 4.90. The first kappa shape index (κ1) is 17.0. The maximum atomic E-state index is 12.2. The van der Waals surface area contributed by atoms with E-state index < -0.39 is 0 Å². The van der Waals surface area contributed by atoms with Crippen molar-refractivity contribution in [2.24, 2.45) is 11.8 Å². The number of rotatable bonds is 4. The van der Waals surface area contributed by atoms with E-state index in [2.05, 4.69) is 46.9 Å². The number of fused-ring (bicyclic) bond motifs is 1. The maximum Gasteiger partial charge on any atom is 0.225 e. The van der Waals surface area contributed by atoms with Crippen molar-refractivity contribution in [3.63, 3.8) is 0 Å². The summed E-state index contributed by atoms with van der Waals surface area (Å²) in [5.74, 6) is 0.823. The molecule has 130 valence electrons. The molecule has 1 aliphatic rings. The number of nitrogens with zero attached hydrogens (tertiary/aromatic N) is 3. The van der Waals surface area contributed by atoms with Crippen LogP contribution in [0.2, 0.25) is 0 Å². The van der Waals surface area contributed by atoms with Crippen molar-refractivity contribution in [3.05, 3.63) is 35.8 Å². The SMILES string of the molecule is Cc1ccn2c(CN[C@H]3CCN(C(=O)C(C)C)C[C@H]3C)cnc2c1. The lowest BCUT2D eigenvalue weighted by atomic mass is 9.93. The summed E-state index contributed by atoms with van der Waals surface area (Å²) in [6.07, 6.45) is 5.04. The van der Waals surface area contributed by atoms with Gasteiger partial charge in [-0.25, -0.2) is 4.98 Å². The van der Waals surface area contributed by atoms with E-state index in [1.165, 1.54) is 11.3 Å². The lowest BCUT2D eigenvalue weighted by Gasteiger charge is -2.38. The van der Waals surface area contributed by atoms with E-state index in [9.17, 15) is 4.79 Å². The van der Waals surface area contributed by atoms with Gasteiger partial charge in [0.2, 0.25) is 5.91 Å². The topological polar surface area (TPSA) is 49.6 Å². The van der Waals surface area contributed by atoms with Crippen molar-refractivity contribution in [2.75, 3.05) is 13.1 Å². The van der Waals surface area contributed by atoms with E-state index in [1.54, 1.807) is 0 Å². The van der Waals surface area contributed by atoms with Crippen molar-refractivity contribution in [1.82, 2.24) is 19.6 Å². The van der Waals surface area contributed by atoms with E-state index >= 15 is 0 Å². The Morgan fingerprint density at radius 2 is 2.25 bits per heavy atom. The first-order valence-corrected chi connectivity index (χ1v) is 8.90. The zero-order chi connectivity index (χ0) is 17.3. The molecular formula is C19H28N4O. The number of hydrogen-bond acceptors (Lipinski definition) is 3. The Morgan fingerprint density at radius 3 is 2.96 bits per heavy atom. The molecule has 0 aromatic carbocycles. The van der Waals surface area contributed by atoms with Gasteiger partial charge < -0.3 is 14.6 Å². The highest BCUT2D eigenvalue weighted by molar-refractivity contribution is 5.78. The lowest BCUT2D eigenvalue weighted by Crippen LogP contribution is -2.50. The molecule has 5 heteroatoms. The molecule has 24 heavy (non-hydrogen) atoms. The predicted molar refractivity (Wildman–Crippen MR) is 95.8 cm³/mol. The Morgan fingerprint density at radius 1 is 1.46 bits per heavy atom. The van der Waals surface area contributed by atoms with Crippen LogP contribution in [0.25, 0.3) is 5.65 Å². The highest BCUT2D eigenvalue weighted by atomic mass is 16.2. The number of aromatic nitrogens is 2. The molecule has 2 aromatic rings. The summed E-state index contributed by atoms with van der Waals surface area (Å²) in [7, 11) is 0. The van der Waals surface area contributed by atoms with Crippen molar-refractivity contribution < 1.29 is 4.79 Å². The lowest BCUT2D eigenvalue weighted by molar-refractivity contribution is -0.136. The second-order valence-corrected chi connectivity index (χ2v) is 7.37. The number of amides is 1. The van der Waals surface area contributed by atoms with Crippen LogP contribution in [0.3, 0.4) is 0 Å². The van der Waals surface area contributed by atoms with E-state index in [1.807, 2.05) is 24.9 Å². The molecule has 0 saturated carbocycles. The summed E-state index contributed by atoms with van der Waals surface area (Å²) < 4.78 is 2.14. The summed E-state index contributed by atoms with van der Waals surface area (Å²) in [4.78, 5) is 18.7. The minimum Gasteiger partial charge on any atom is -0.342 e. The molecule has 0 radical (unpaired) electrons. The van der Waals surface area contributed by atoms with Crippen LogP contribution in [0.5, 0.6) is 0 Å². The summed E-state index contributed by atoms with van der Waals surface area (Å²) in [5, 5.41) is 3.67. The predicted octanol–water partition coefficient (Wildman–Crippen LogP) is 2.63. The summed E-state index contributed by atoms with van der Waals surface area (Å²) in [6, 6.07) is 4.65. The van der Waals surface area contributed by atoms with Crippen LogP contribution in [0, 0.1) is 18.8 Å². The average molecular weight is 328 g/mol. The van der Waals surface area contributed by atoms with Gasteiger partial charge in [0.05, 0.1) is 11.9 Å². The number of nitrogens with one attached hydrogen (secondary N) is 1. The third-order valence-corrected chi connectivity index (χ3v) is 5.00. The Bertz CT molecular complexity index is 721. The fraction of sp³-hybridized carbons (Fsp3) is 0.579. The van der Waals surface area contributed by atoms with Crippen molar-refractivity contribution in [3.8, 4) is 0 Å². The van der Waals surface area contributed by atoms with Crippen LogP contribution >= 0.6 is 0 Å². The molecule has 0 unspecified atom stereocenters. The standard InChI is InChI=1S/C19H28N4O/c1-13(2)19(24)22-7-6-17(15(4)12-22)20-10-16-11-21-18-9-14(3)5-8-23(16)18/h5,8-9,11,13,15,17,20H,6-7,10,12H2,1-4H3/t15-,17+/m1/s1. The summed E-state index contributed by atoms with van der Waals surface area (Å²) >= 11 is 0. The first-order valence-electron chi connectivity index (χ1n) is 8.90. The fourth-order valence-electron chi connectivity index (χ4n) is 3.52. The third kappa shape index (κ3) is 3.46. The van der Waals surface area contributed by atoms with Gasteiger partial charge in [-0.1, -0.05) is 20.8 Å². The van der Waals surface area contributed by atoms with Gasteiger partial charge >= 0.3 is 0 Å². The zero-order valence-electron chi connectivity index (χ0n) is 15.1. The van der Waals surface area contributed by atoms with Gasteiger partial charge in [0.15, 0.2) is 0 Å². The van der Waals surface area contributed by atoms with Gasteiger partial charge in [-0.05, 0) is 37.0 Å². The van der Waals surface area contributed by atoms with Crippen LogP contribution in [-0.2, 0) is 11.3 Å². The number of piperidine rings is 1. The highest BCUT2D eigenvalue weighted by Crippen LogP contribution is 2.19. The number of aryl methyl sites for hydroxylation is 1. The molecule has 1 fully saturated rings. The number of carbonyl (C=O) groups excluding carboxylic acids is 1. The number of likely N-dealkylation sites (tertiary alicyclic amines) is 1. The first-order chi connectivity index (χ1) is 11.5. The monoisotopic (exact) mass is 328 g/mol. The van der Waals surface area contributed by atoms with Crippen molar-refractivity contribution >= 4 is 11.6 Å². The van der Waals surface area contributed by atoms with E-state index in [0.29, 0.717) is 12.0 Å². The molecule has 1 aliphatic heterocycles. The molecule has 5 nitrogen and oxygen atoms in total. The maximum absolute atomic E-state index is 12.2. The smallest absolute Gasteiger partial charge is 0.225 e. The van der Waals surface area contributed by atoms with E-state index in [4.69, 9.17) is 0 Å². The molecule has 1 amide bonds. The van der Waals surface area contributed by atoms with Gasteiger partial charge in [0.1, 0.15) is 5.65 Å². The minimum absolute atomic E-state index is 0.0864. The molecule has 1 N–H and O–H groups in total. The van der Waals surface area contributed by atoms with E-state index in [0.717, 1.165) is 31.7 Å². The van der Waals surface area contributed by atoms with Gasteiger partial charge in [-0.3, -0.25) is 4.79 Å². The number of imidazole rings is 1. The molecule has 1 saturated heterocycles. The summed E-state index contributed by atoms with van der Waals surface area (Å²) in [6.45, 7) is 10.8. The number of carbonyl (C=O) groups is 1. The molecule has 3 rings (SSSR count). The number of pyridine rings is 1. The number of hydrogen-bond donors (Lipinski definition) is 1. The van der Waals surface area contributed by atoms with Gasteiger partial charge in [-0.2, -0.15) is 0 Å². The minimum atomic E-state index is 0.0864.